The van der Waals surface area contributed by atoms with E-state index in [1.807, 2.05) is 18.2 Å². The van der Waals surface area contributed by atoms with E-state index in [4.69, 9.17) is 14.5 Å². The molecule has 1 fully saturated rings. The van der Waals surface area contributed by atoms with Crippen molar-refractivity contribution >= 4 is 28.1 Å². The van der Waals surface area contributed by atoms with Gasteiger partial charge in [-0.25, -0.2) is 4.98 Å². The van der Waals surface area contributed by atoms with Gasteiger partial charge in [-0.2, -0.15) is 0 Å². The number of benzene rings is 1. The molecule has 8 heteroatoms. The maximum absolute atomic E-state index is 5.37. The van der Waals surface area contributed by atoms with Gasteiger partial charge in [0.25, 0.3) is 0 Å². The molecule has 0 bridgehead atoms. The minimum absolute atomic E-state index is 0.672. The molecule has 2 aromatic rings. The average Bonchev–Trinajstić information content (AvgIpc) is 3.40. The van der Waals surface area contributed by atoms with Crippen LogP contribution < -0.4 is 25.0 Å². The summed E-state index contributed by atoms with van der Waals surface area (Å²) in [4.78, 5) is 11.8. The number of guanidine groups is 1. The van der Waals surface area contributed by atoms with Gasteiger partial charge in [-0.1, -0.05) is 0 Å². The molecule has 1 aliphatic heterocycles. The van der Waals surface area contributed by atoms with Crippen LogP contribution in [0.2, 0.25) is 0 Å². The van der Waals surface area contributed by atoms with Crippen molar-refractivity contribution in [3.8, 4) is 11.5 Å². The monoisotopic (exact) mass is 403 g/mol. The third-order valence-corrected chi connectivity index (χ3v) is 5.49. The van der Waals surface area contributed by atoms with E-state index in [1.54, 1.807) is 25.6 Å². The average molecular weight is 404 g/mol. The number of aliphatic imine (C=N–C) groups is 1. The summed E-state index contributed by atoms with van der Waals surface area (Å²) in [6.45, 7) is 5.77. The Morgan fingerprint density at radius 2 is 2.00 bits per heavy atom. The van der Waals surface area contributed by atoms with Gasteiger partial charge < -0.3 is 25.0 Å². The number of anilines is 2. The zero-order chi connectivity index (χ0) is 19.8. The molecule has 2 heterocycles. The Labute approximate surface area is 170 Å². The molecule has 0 radical (unpaired) electrons. The topological polar surface area (TPSA) is 71.0 Å². The second-order valence-corrected chi connectivity index (χ2v) is 7.36. The summed E-state index contributed by atoms with van der Waals surface area (Å²) >= 11 is 1.74. The van der Waals surface area contributed by atoms with Gasteiger partial charge in [0.2, 0.25) is 0 Å². The van der Waals surface area contributed by atoms with Gasteiger partial charge in [0.1, 0.15) is 0 Å². The van der Waals surface area contributed by atoms with Gasteiger partial charge in [-0.3, -0.25) is 4.99 Å². The van der Waals surface area contributed by atoms with E-state index in [1.165, 1.54) is 12.8 Å². The van der Waals surface area contributed by atoms with Crippen molar-refractivity contribution < 1.29 is 9.47 Å². The number of nitrogens with zero attached hydrogens (tertiary/aromatic N) is 3. The van der Waals surface area contributed by atoms with E-state index in [0.29, 0.717) is 18.0 Å². The summed E-state index contributed by atoms with van der Waals surface area (Å²) in [6, 6.07) is 5.71. The quantitative estimate of drug-likeness (QED) is 0.520. The van der Waals surface area contributed by atoms with Crippen LogP contribution in [0.4, 0.5) is 10.8 Å². The highest BCUT2D eigenvalue weighted by atomic mass is 32.1. The van der Waals surface area contributed by atoms with Crippen LogP contribution in [-0.2, 0) is 6.42 Å². The molecular weight excluding hydrogens is 374 g/mol. The zero-order valence-electron chi connectivity index (χ0n) is 16.8. The molecule has 7 nitrogen and oxygen atoms in total. The van der Waals surface area contributed by atoms with E-state index in [0.717, 1.165) is 48.5 Å². The summed E-state index contributed by atoms with van der Waals surface area (Å²) in [5.41, 5.74) is 2.00. The number of aromatic nitrogens is 1. The van der Waals surface area contributed by atoms with Gasteiger partial charge in [-0.05, 0) is 31.9 Å². The summed E-state index contributed by atoms with van der Waals surface area (Å²) in [6.07, 6.45) is 3.37. The van der Waals surface area contributed by atoms with E-state index >= 15 is 0 Å². The summed E-state index contributed by atoms with van der Waals surface area (Å²) < 4.78 is 10.7. The van der Waals surface area contributed by atoms with Crippen LogP contribution in [0.1, 0.15) is 25.5 Å². The van der Waals surface area contributed by atoms with Crippen molar-refractivity contribution in [2.24, 2.45) is 4.99 Å². The lowest BCUT2D eigenvalue weighted by Gasteiger charge is -2.13. The fourth-order valence-corrected chi connectivity index (χ4v) is 4.02. The molecule has 2 N–H and O–H groups in total. The lowest BCUT2D eigenvalue weighted by Crippen LogP contribution is -2.30. The van der Waals surface area contributed by atoms with Crippen LogP contribution in [-0.4, -0.2) is 51.3 Å². The number of nitrogens with one attached hydrogen (secondary N) is 2. The first-order valence-electron chi connectivity index (χ1n) is 9.70. The molecule has 1 aliphatic rings. The van der Waals surface area contributed by atoms with Crippen LogP contribution >= 0.6 is 11.3 Å². The van der Waals surface area contributed by atoms with Crippen molar-refractivity contribution in [1.82, 2.24) is 10.3 Å². The van der Waals surface area contributed by atoms with Crippen LogP contribution in [0, 0.1) is 0 Å². The van der Waals surface area contributed by atoms with Crippen molar-refractivity contribution in [3.63, 3.8) is 0 Å². The lowest BCUT2D eigenvalue weighted by molar-refractivity contribution is 0.355. The molecule has 0 spiro atoms. The second-order valence-electron chi connectivity index (χ2n) is 6.52. The molecule has 1 aromatic heterocycles. The molecule has 1 saturated heterocycles. The standard InChI is InChI=1S/C20H29N5O2S/c1-4-21-19(23-15-7-8-17(26-2)18(13-15)27-3)22-10-9-16-14-28-20(24-16)25-11-5-6-12-25/h7-8,13-14H,4-6,9-12H2,1-3H3,(H2,21,22,23). The van der Waals surface area contributed by atoms with Crippen molar-refractivity contribution in [1.29, 1.82) is 0 Å². The van der Waals surface area contributed by atoms with Gasteiger partial charge in [0, 0.05) is 49.7 Å². The largest absolute Gasteiger partial charge is 0.493 e. The van der Waals surface area contributed by atoms with Crippen molar-refractivity contribution in [2.45, 2.75) is 26.2 Å². The summed E-state index contributed by atoms with van der Waals surface area (Å²) in [7, 11) is 3.26. The molecule has 152 valence electrons. The zero-order valence-corrected chi connectivity index (χ0v) is 17.6. The summed E-state index contributed by atoms with van der Waals surface area (Å²) in [5, 5.41) is 9.89. The Balaban J connectivity index is 1.59. The van der Waals surface area contributed by atoms with E-state index < -0.39 is 0 Å². The third-order valence-electron chi connectivity index (χ3n) is 4.54. The molecule has 1 aromatic carbocycles. The highest BCUT2D eigenvalue weighted by molar-refractivity contribution is 7.13. The molecule has 0 unspecified atom stereocenters. The van der Waals surface area contributed by atoms with Gasteiger partial charge in [-0.15, -0.1) is 11.3 Å². The predicted octanol–water partition coefficient (Wildman–Crippen LogP) is 3.38. The van der Waals surface area contributed by atoms with E-state index in [-0.39, 0.29) is 0 Å². The number of thiazole rings is 1. The van der Waals surface area contributed by atoms with Crippen molar-refractivity contribution in [2.75, 3.05) is 50.6 Å². The number of rotatable bonds is 8. The SMILES string of the molecule is CCNC(=NCCc1csc(N2CCCC2)n1)Nc1ccc(OC)c(OC)c1. The maximum Gasteiger partial charge on any atom is 0.195 e. The number of hydrogen-bond donors (Lipinski definition) is 2. The first-order valence-corrected chi connectivity index (χ1v) is 10.6. The maximum atomic E-state index is 5.37. The minimum Gasteiger partial charge on any atom is -0.493 e. The molecule has 0 saturated carbocycles. The Morgan fingerprint density at radius 1 is 1.21 bits per heavy atom. The highest BCUT2D eigenvalue weighted by Crippen LogP contribution is 2.29. The third kappa shape index (κ3) is 5.28. The number of methoxy groups -OCH3 is 2. The predicted molar refractivity (Wildman–Crippen MR) is 116 cm³/mol. The molecule has 0 amide bonds. The first-order chi connectivity index (χ1) is 13.7. The van der Waals surface area contributed by atoms with Gasteiger partial charge in [0.05, 0.1) is 19.9 Å². The minimum atomic E-state index is 0.672. The van der Waals surface area contributed by atoms with Crippen LogP contribution in [0.5, 0.6) is 11.5 Å². The Bertz CT molecular complexity index is 787. The molecule has 0 aliphatic carbocycles. The molecule has 0 atom stereocenters. The lowest BCUT2D eigenvalue weighted by atomic mass is 10.2. The van der Waals surface area contributed by atoms with Crippen LogP contribution in [0.25, 0.3) is 0 Å². The first kappa shape index (κ1) is 20.3. The van der Waals surface area contributed by atoms with Crippen molar-refractivity contribution in [3.05, 3.63) is 29.3 Å². The fourth-order valence-electron chi connectivity index (χ4n) is 3.10. The van der Waals surface area contributed by atoms with E-state index in [2.05, 4.69) is 32.8 Å². The Morgan fingerprint density at radius 3 is 2.71 bits per heavy atom. The second kappa shape index (κ2) is 10.2. The number of hydrogen-bond acceptors (Lipinski definition) is 6. The van der Waals surface area contributed by atoms with Crippen LogP contribution in [0.3, 0.4) is 0 Å². The Kier molecular flexibility index (Phi) is 7.36. The highest BCUT2D eigenvalue weighted by Gasteiger charge is 2.15. The van der Waals surface area contributed by atoms with Crippen LogP contribution in [0.15, 0.2) is 28.6 Å². The smallest absolute Gasteiger partial charge is 0.195 e. The molecular formula is C20H29N5O2S. The van der Waals surface area contributed by atoms with Gasteiger partial charge >= 0.3 is 0 Å². The Hall–Kier alpha value is -2.48. The number of ether oxygens (including phenoxy) is 2. The van der Waals surface area contributed by atoms with E-state index in [9.17, 15) is 0 Å². The normalized spacial score (nSPS) is 14.2. The molecule has 28 heavy (non-hydrogen) atoms. The van der Waals surface area contributed by atoms with Gasteiger partial charge in [0.15, 0.2) is 22.6 Å². The fraction of sp³-hybridized carbons (Fsp3) is 0.500. The molecule has 3 rings (SSSR count). The summed E-state index contributed by atoms with van der Waals surface area (Å²) in [5.74, 6) is 2.12.